The Kier molecular flexibility index (Phi) is 5.47. The molecular formula is C20H25N5O2. The summed E-state index contributed by atoms with van der Waals surface area (Å²) in [5, 5.41) is 16.2. The summed E-state index contributed by atoms with van der Waals surface area (Å²) in [5.41, 5.74) is 1.74. The van der Waals surface area contributed by atoms with Crippen LogP contribution in [0.3, 0.4) is 0 Å². The highest BCUT2D eigenvalue weighted by molar-refractivity contribution is 6.12. The van der Waals surface area contributed by atoms with Crippen LogP contribution in [0.2, 0.25) is 0 Å². The number of nitriles is 1. The first-order valence-electron chi connectivity index (χ1n) is 9.11. The molecule has 3 rings (SSSR count). The number of carbonyl (C=O) groups is 1. The van der Waals surface area contributed by atoms with E-state index >= 15 is 0 Å². The van der Waals surface area contributed by atoms with Crippen LogP contribution >= 0.6 is 0 Å². The fourth-order valence-corrected chi connectivity index (χ4v) is 2.87. The second-order valence-corrected chi connectivity index (χ2v) is 7.81. The summed E-state index contributed by atoms with van der Waals surface area (Å²) in [6.07, 6.45) is 0. The van der Waals surface area contributed by atoms with Crippen LogP contribution in [-0.2, 0) is 9.53 Å². The average Bonchev–Trinajstić information content (AvgIpc) is 2.66. The van der Waals surface area contributed by atoms with Crippen molar-refractivity contribution in [2.75, 3.05) is 38.1 Å². The number of aliphatic imine (C=N–C) groups is 1. The van der Waals surface area contributed by atoms with Crippen LogP contribution in [0.1, 0.15) is 20.8 Å². The van der Waals surface area contributed by atoms with Crippen molar-refractivity contribution in [3.05, 3.63) is 35.5 Å². The van der Waals surface area contributed by atoms with Crippen LogP contribution in [0.25, 0.3) is 0 Å². The summed E-state index contributed by atoms with van der Waals surface area (Å²) >= 11 is 0. The normalized spacial score (nSPS) is 18.6. The fourth-order valence-electron chi connectivity index (χ4n) is 2.87. The SMILES string of the molecule is CC(C)(C)COC(=O)/C(C#N)=C1\Nc2ccccc2N=C1N1CCNCC1. The Labute approximate surface area is 159 Å². The number of nitrogens with one attached hydrogen (secondary N) is 2. The number of esters is 1. The molecule has 7 heteroatoms. The first-order valence-corrected chi connectivity index (χ1v) is 9.11. The van der Waals surface area contributed by atoms with Gasteiger partial charge < -0.3 is 20.3 Å². The van der Waals surface area contributed by atoms with Crippen LogP contribution in [-0.4, -0.2) is 49.5 Å². The maximum Gasteiger partial charge on any atom is 0.351 e. The van der Waals surface area contributed by atoms with E-state index in [1.54, 1.807) is 0 Å². The number of piperazine rings is 1. The maximum atomic E-state index is 12.6. The molecule has 0 unspecified atom stereocenters. The van der Waals surface area contributed by atoms with Crippen molar-refractivity contribution in [2.45, 2.75) is 20.8 Å². The summed E-state index contributed by atoms with van der Waals surface area (Å²) < 4.78 is 5.39. The molecule has 2 heterocycles. The molecule has 7 nitrogen and oxygen atoms in total. The van der Waals surface area contributed by atoms with E-state index in [0.29, 0.717) is 11.5 Å². The standard InChI is InChI=1S/C20H25N5O2/c1-20(2,3)13-27-19(26)14(12-21)17-18(25-10-8-22-9-11-25)24-16-7-5-4-6-15(16)23-17/h4-7,22-23H,8-11,13H2,1-3H3/b17-14-. The summed E-state index contributed by atoms with van der Waals surface area (Å²) in [6, 6.07) is 9.61. The van der Waals surface area contributed by atoms with Gasteiger partial charge in [-0.05, 0) is 17.5 Å². The zero-order valence-corrected chi connectivity index (χ0v) is 16.0. The van der Waals surface area contributed by atoms with Gasteiger partial charge in [0.25, 0.3) is 0 Å². The number of rotatable bonds is 2. The Hall–Kier alpha value is -2.85. The first kappa shape index (κ1) is 18.9. The van der Waals surface area contributed by atoms with Crippen molar-refractivity contribution in [1.82, 2.24) is 10.2 Å². The van der Waals surface area contributed by atoms with Gasteiger partial charge >= 0.3 is 5.97 Å². The van der Waals surface area contributed by atoms with Crippen LogP contribution < -0.4 is 10.6 Å². The maximum absolute atomic E-state index is 12.6. The second kappa shape index (κ2) is 7.80. The van der Waals surface area contributed by atoms with Gasteiger partial charge in [-0.3, -0.25) is 0 Å². The van der Waals surface area contributed by atoms with E-state index in [0.717, 1.165) is 37.6 Å². The molecule has 1 aromatic rings. The molecule has 1 saturated heterocycles. The van der Waals surface area contributed by atoms with Crippen molar-refractivity contribution in [3.8, 4) is 6.07 Å². The first-order chi connectivity index (χ1) is 12.9. The van der Waals surface area contributed by atoms with Gasteiger partial charge in [0.2, 0.25) is 0 Å². The monoisotopic (exact) mass is 367 g/mol. The van der Waals surface area contributed by atoms with Crippen LogP contribution in [0.4, 0.5) is 11.4 Å². The lowest BCUT2D eigenvalue weighted by molar-refractivity contribution is -0.141. The molecule has 2 aliphatic rings. The lowest BCUT2D eigenvalue weighted by atomic mass is 9.99. The van der Waals surface area contributed by atoms with Crippen LogP contribution in [0.5, 0.6) is 0 Å². The molecule has 27 heavy (non-hydrogen) atoms. The lowest BCUT2D eigenvalue weighted by Gasteiger charge is -2.34. The highest BCUT2D eigenvalue weighted by Crippen LogP contribution is 2.32. The van der Waals surface area contributed by atoms with E-state index in [4.69, 9.17) is 9.73 Å². The molecule has 0 amide bonds. The van der Waals surface area contributed by atoms with E-state index < -0.39 is 5.97 Å². The summed E-state index contributed by atoms with van der Waals surface area (Å²) in [4.78, 5) is 19.5. The minimum atomic E-state index is -0.628. The highest BCUT2D eigenvalue weighted by atomic mass is 16.5. The van der Waals surface area contributed by atoms with Crippen molar-refractivity contribution >= 4 is 23.2 Å². The van der Waals surface area contributed by atoms with Crippen LogP contribution in [0.15, 0.2) is 40.5 Å². The average molecular weight is 367 g/mol. The third kappa shape index (κ3) is 4.47. The Balaban J connectivity index is 2.00. The summed E-state index contributed by atoms with van der Waals surface area (Å²) in [6.45, 7) is 9.31. The van der Waals surface area contributed by atoms with Gasteiger partial charge in [-0.1, -0.05) is 32.9 Å². The minimum Gasteiger partial charge on any atom is -0.461 e. The number of anilines is 1. The predicted octanol–water partition coefficient (Wildman–Crippen LogP) is 2.41. The highest BCUT2D eigenvalue weighted by Gasteiger charge is 2.29. The van der Waals surface area contributed by atoms with Gasteiger partial charge in [0.15, 0.2) is 11.4 Å². The molecule has 2 N–H and O–H groups in total. The Morgan fingerprint density at radius 1 is 1.30 bits per heavy atom. The van der Waals surface area contributed by atoms with Gasteiger partial charge in [-0.2, -0.15) is 5.26 Å². The molecule has 1 aromatic carbocycles. The molecular weight excluding hydrogens is 342 g/mol. The molecule has 0 radical (unpaired) electrons. The molecule has 0 atom stereocenters. The Morgan fingerprint density at radius 2 is 2.00 bits per heavy atom. The van der Waals surface area contributed by atoms with Gasteiger partial charge in [0, 0.05) is 26.2 Å². The summed E-state index contributed by atoms with van der Waals surface area (Å²) in [7, 11) is 0. The minimum absolute atomic E-state index is 0.0500. The summed E-state index contributed by atoms with van der Waals surface area (Å²) in [5.74, 6) is -0.0170. The third-order valence-electron chi connectivity index (χ3n) is 4.23. The van der Waals surface area contributed by atoms with Crippen molar-refractivity contribution in [2.24, 2.45) is 10.4 Å². The van der Waals surface area contributed by atoms with E-state index in [9.17, 15) is 10.1 Å². The zero-order valence-electron chi connectivity index (χ0n) is 16.0. The van der Waals surface area contributed by atoms with E-state index in [-0.39, 0.29) is 17.6 Å². The van der Waals surface area contributed by atoms with Gasteiger partial charge in [0.05, 0.1) is 18.0 Å². The number of hydrogen-bond acceptors (Lipinski definition) is 7. The fraction of sp³-hybridized carbons (Fsp3) is 0.450. The number of carbonyl (C=O) groups excluding carboxylic acids is 1. The molecule has 0 aromatic heterocycles. The zero-order chi connectivity index (χ0) is 19.4. The van der Waals surface area contributed by atoms with Gasteiger partial charge in [-0.25, -0.2) is 9.79 Å². The molecule has 1 fully saturated rings. The van der Waals surface area contributed by atoms with Crippen molar-refractivity contribution in [3.63, 3.8) is 0 Å². The topological polar surface area (TPSA) is 89.8 Å². The van der Waals surface area contributed by atoms with E-state index in [1.165, 1.54) is 0 Å². The number of hydrogen-bond donors (Lipinski definition) is 2. The number of fused-ring (bicyclic) bond motifs is 1. The Bertz CT molecular complexity index is 824. The molecule has 0 saturated carbocycles. The largest absolute Gasteiger partial charge is 0.461 e. The lowest BCUT2D eigenvalue weighted by Crippen LogP contribution is -2.48. The number of benzene rings is 1. The van der Waals surface area contributed by atoms with E-state index in [1.807, 2.05) is 51.1 Å². The number of para-hydroxylation sites is 2. The van der Waals surface area contributed by atoms with Crippen molar-refractivity contribution < 1.29 is 9.53 Å². The molecule has 2 aliphatic heterocycles. The quantitative estimate of drug-likeness (QED) is 0.474. The van der Waals surface area contributed by atoms with E-state index in [2.05, 4.69) is 15.5 Å². The number of amidine groups is 1. The molecule has 0 spiro atoms. The predicted molar refractivity (Wildman–Crippen MR) is 105 cm³/mol. The second-order valence-electron chi connectivity index (χ2n) is 7.81. The van der Waals surface area contributed by atoms with Gasteiger partial charge in [-0.15, -0.1) is 0 Å². The number of ether oxygens (including phenoxy) is 1. The smallest absolute Gasteiger partial charge is 0.351 e. The molecule has 142 valence electrons. The number of nitrogens with zero attached hydrogens (tertiary/aromatic N) is 3. The van der Waals surface area contributed by atoms with Crippen LogP contribution in [0, 0.1) is 16.7 Å². The van der Waals surface area contributed by atoms with Gasteiger partial charge in [0.1, 0.15) is 11.8 Å². The molecule has 0 aliphatic carbocycles. The van der Waals surface area contributed by atoms with Crippen molar-refractivity contribution in [1.29, 1.82) is 5.26 Å². The third-order valence-corrected chi connectivity index (χ3v) is 4.23. The molecule has 0 bridgehead atoms. The Morgan fingerprint density at radius 3 is 2.67 bits per heavy atom.